The number of rotatable bonds is 5. The zero-order chi connectivity index (χ0) is 53.0. The van der Waals surface area contributed by atoms with Gasteiger partial charge >= 0.3 is 11.9 Å². The molecule has 2 fully saturated rings. The van der Waals surface area contributed by atoms with Crippen molar-refractivity contribution in [3.8, 4) is 0 Å². The number of fused-ring (bicyclic) bond motifs is 2. The van der Waals surface area contributed by atoms with Crippen molar-refractivity contribution in [3.63, 3.8) is 0 Å². The van der Waals surface area contributed by atoms with Gasteiger partial charge in [-0.05, 0) is 46.5 Å². The average molecular weight is 1010 g/mol. The summed E-state index contributed by atoms with van der Waals surface area (Å²) in [5.41, 5.74) is 6.09. The highest BCUT2D eigenvalue weighted by Crippen LogP contribution is 2.38. The number of hydrogen-bond acceptors (Lipinski definition) is 19. The monoisotopic (exact) mass is 1010 g/mol. The van der Waals surface area contributed by atoms with Crippen molar-refractivity contribution < 1.29 is 89.1 Å². The fourth-order valence-electron chi connectivity index (χ4n) is 8.52. The van der Waals surface area contributed by atoms with Crippen LogP contribution in [0.2, 0.25) is 0 Å². The zero-order valence-electron chi connectivity index (χ0n) is 41.5. The first-order valence-corrected chi connectivity index (χ1v) is 24.3. The quantitative estimate of drug-likeness (QED) is 0.165. The summed E-state index contributed by atoms with van der Waals surface area (Å²) in [6.45, 7) is 8.10. The fourth-order valence-corrected chi connectivity index (χ4v) is 8.52. The highest BCUT2D eigenvalue weighted by Gasteiger charge is 2.51. The number of aliphatic hydroxyl groups is 10. The highest BCUT2D eigenvalue weighted by atomic mass is 16.7. The number of nitrogens with two attached hydrogens (primary N) is 1. The van der Waals surface area contributed by atoms with E-state index in [1.165, 1.54) is 19.9 Å². The largest absolute Gasteiger partial charge is 0.467 e. The summed E-state index contributed by atoms with van der Waals surface area (Å²) in [6, 6.07) is -2.34. The summed E-state index contributed by atoms with van der Waals surface area (Å²) in [7, 11) is 1.13. The van der Waals surface area contributed by atoms with Crippen molar-refractivity contribution >= 4 is 17.8 Å². The van der Waals surface area contributed by atoms with Crippen LogP contribution in [-0.4, -0.2) is 180 Å². The topological polar surface area (TPSA) is 338 Å². The second-order valence-corrected chi connectivity index (χ2v) is 19.0. The number of cyclic esters (lactones) is 1. The molecule has 0 unspecified atom stereocenters. The van der Waals surface area contributed by atoms with Gasteiger partial charge in [-0.25, -0.2) is 4.79 Å². The first-order valence-electron chi connectivity index (χ1n) is 24.3. The van der Waals surface area contributed by atoms with E-state index in [9.17, 15) is 65.4 Å². The third-order valence-electron chi connectivity index (χ3n) is 13.0. The van der Waals surface area contributed by atoms with Gasteiger partial charge in [0.1, 0.15) is 18.2 Å². The van der Waals surface area contributed by atoms with Crippen LogP contribution >= 0.6 is 0 Å². The minimum Gasteiger partial charge on any atom is -0.467 e. The van der Waals surface area contributed by atoms with Crippen LogP contribution in [-0.2, 0) is 38.1 Å². The Morgan fingerprint density at radius 2 is 1.25 bits per heavy atom. The third-order valence-corrected chi connectivity index (χ3v) is 13.0. The maximum atomic E-state index is 13.8. The molecule has 3 heterocycles. The molecular weight excluding hydrogens is 929 g/mol. The van der Waals surface area contributed by atoms with Gasteiger partial charge in [0.15, 0.2) is 12.1 Å². The molecule has 71 heavy (non-hydrogen) atoms. The molecule has 2 bridgehead atoms. The predicted octanol–water partition coefficient (Wildman–Crippen LogP) is 0.305. The predicted molar refractivity (Wildman–Crippen MR) is 259 cm³/mol. The van der Waals surface area contributed by atoms with Crippen LogP contribution in [0.1, 0.15) is 86.0 Å². The van der Waals surface area contributed by atoms with Crippen LogP contribution in [0.25, 0.3) is 0 Å². The van der Waals surface area contributed by atoms with Crippen LogP contribution in [0.4, 0.5) is 0 Å². The minimum absolute atomic E-state index is 0.155. The van der Waals surface area contributed by atoms with Crippen LogP contribution in [0.5, 0.6) is 0 Å². The minimum atomic E-state index is -2.39. The van der Waals surface area contributed by atoms with E-state index in [4.69, 9.17) is 29.4 Å². The van der Waals surface area contributed by atoms with Crippen molar-refractivity contribution in [3.05, 3.63) is 85.1 Å². The van der Waals surface area contributed by atoms with E-state index in [1.54, 1.807) is 86.8 Å². The molecule has 3 aliphatic heterocycles. The van der Waals surface area contributed by atoms with Gasteiger partial charge in [0.2, 0.25) is 5.91 Å². The number of methoxy groups -OCH3 is 1. The summed E-state index contributed by atoms with van der Waals surface area (Å²) in [5, 5.41) is 112. The van der Waals surface area contributed by atoms with E-state index in [0.717, 1.165) is 7.11 Å². The van der Waals surface area contributed by atoms with Gasteiger partial charge in [0, 0.05) is 31.1 Å². The lowest BCUT2D eigenvalue weighted by atomic mass is 9.82. The van der Waals surface area contributed by atoms with Gasteiger partial charge in [0.25, 0.3) is 0 Å². The average Bonchev–Trinajstić information content (AvgIpc) is 3.29. The number of allylic oxidation sites excluding steroid dienone is 12. The van der Waals surface area contributed by atoms with Crippen LogP contribution in [0, 0.1) is 17.8 Å². The van der Waals surface area contributed by atoms with E-state index < -0.39 is 152 Å². The van der Waals surface area contributed by atoms with Gasteiger partial charge in [-0.3, -0.25) is 9.59 Å². The number of carbonyl (C=O) groups excluding carboxylic acids is 3. The summed E-state index contributed by atoms with van der Waals surface area (Å²) >= 11 is 0. The first-order chi connectivity index (χ1) is 33.5. The molecule has 20 nitrogen and oxygen atoms in total. The lowest BCUT2D eigenvalue weighted by Gasteiger charge is -2.46. The van der Waals surface area contributed by atoms with E-state index in [-0.39, 0.29) is 38.0 Å². The molecule has 0 aromatic rings. The molecule has 0 aliphatic carbocycles. The maximum Gasteiger partial charge on any atom is 0.328 e. The summed E-state index contributed by atoms with van der Waals surface area (Å²) in [5.74, 6) is -7.01. The molecule has 0 aromatic carbocycles. The van der Waals surface area contributed by atoms with Crippen LogP contribution in [0.15, 0.2) is 85.1 Å². The Hall–Kier alpha value is -3.97. The smallest absolute Gasteiger partial charge is 0.328 e. The molecule has 0 saturated carbocycles. The fraction of sp³-hybridized carbons (Fsp3) is 0.667. The van der Waals surface area contributed by atoms with E-state index >= 15 is 0 Å². The number of carbonyl (C=O) groups is 3. The Balaban J connectivity index is 1.95. The number of aliphatic hydroxyl groups excluding tert-OH is 9. The van der Waals surface area contributed by atoms with Crippen molar-refractivity contribution in [2.24, 2.45) is 23.5 Å². The van der Waals surface area contributed by atoms with Gasteiger partial charge in [-0.15, -0.1) is 0 Å². The second-order valence-electron chi connectivity index (χ2n) is 19.0. The van der Waals surface area contributed by atoms with E-state index in [1.807, 2.05) is 13.0 Å². The van der Waals surface area contributed by atoms with Crippen LogP contribution in [0.3, 0.4) is 0 Å². The normalized spacial score (nSPS) is 43.0. The van der Waals surface area contributed by atoms with E-state index in [0.29, 0.717) is 0 Å². The summed E-state index contributed by atoms with van der Waals surface area (Å²) < 4.78 is 28.3. The maximum absolute atomic E-state index is 13.8. The summed E-state index contributed by atoms with van der Waals surface area (Å²) in [6.07, 6.45) is 3.29. The number of amides is 1. The van der Waals surface area contributed by atoms with Crippen molar-refractivity contribution in [1.82, 2.24) is 5.32 Å². The van der Waals surface area contributed by atoms with Crippen molar-refractivity contribution in [1.29, 1.82) is 0 Å². The number of ether oxygens (including phenoxy) is 5. The molecule has 1 amide bonds. The molecule has 13 N–H and O–H groups in total. The standard InChI is InChI=1S/C51H80N2O18/c1-29-19-17-15-13-11-9-7-8-10-12-14-16-18-20-37(70-50-47(63)44(52)46(62)33(5)69-50)26-41-43(48(64)53-31(3)49(65)67-6)40(59)28-51(66,71-41)27-39(58)38(57)22-21-34(54)23-35(55)24-36(56)25-42(60)68-32(4)30(2)45(29)61/h7-20,29-41,43-47,50,54-59,61-63,66H,21-28,52H2,1-6H3,(H,53,64)/b8-7-,11-9-,12-10-,15-13-,16-14-,19-17-,20-18+/t29-,30-,31-,32-,33-,34+,35+,36+,37-,38+,39+,40-,41-,43+,44+,45+,46-,47+,50+,51+/m0/s1. The molecule has 3 rings (SSSR count). The van der Waals surface area contributed by atoms with Gasteiger partial charge in [-0.1, -0.05) is 98.9 Å². The number of hydrogen-bond donors (Lipinski definition) is 12. The molecule has 402 valence electrons. The number of nitrogens with one attached hydrogen (secondary N) is 1. The first kappa shape index (κ1) is 61.3. The van der Waals surface area contributed by atoms with Crippen LogP contribution < -0.4 is 11.1 Å². The Bertz CT molecular complexity index is 1860. The van der Waals surface area contributed by atoms with Gasteiger partial charge in [-0.2, -0.15) is 0 Å². The number of esters is 2. The van der Waals surface area contributed by atoms with Crippen molar-refractivity contribution in [2.45, 2.75) is 189 Å². The Kier molecular flexibility index (Phi) is 26.2. The van der Waals surface area contributed by atoms with Crippen molar-refractivity contribution in [2.75, 3.05) is 7.11 Å². The molecule has 3 aliphatic rings. The Labute approximate surface area is 416 Å². The SMILES string of the molecule is COC(=O)[C@H](C)NC(=O)[C@H]1[C@@H]2C[C@@H](O[C@H]3O[C@@H](C)[C@H](O)[C@@H](N)[C@H]3O)/C=C/C=C\C=C/C=C\C=C/C=C\C=C/[C@H](C)[C@@H](O)[C@@H](C)[C@H](C)OC(=O)C[C@H](O)C[C@H](O)C[C@H](O)CC[C@@H](O)[C@H](O)C[C@](O)(C[C@@H]1O)O2. The highest BCUT2D eigenvalue weighted by molar-refractivity contribution is 5.86. The molecule has 20 heteroatoms. The third kappa shape index (κ3) is 20.5. The second kappa shape index (κ2) is 30.3. The lowest BCUT2D eigenvalue weighted by molar-refractivity contribution is -0.308. The van der Waals surface area contributed by atoms with E-state index in [2.05, 4.69) is 5.32 Å². The lowest BCUT2D eigenvalue weighted by Crippen LogP contribution is -2.62. The molecule has 0 spiro atoms. The molecular formula is C51H80N2O18. The van der Waals surface area contributed by atoms with Gasteiger partial charge in [0.05, 0.1) is 92.6 Å². The Morgan fingerprint density at radius 1 is 0.704 bits per heavy atom. The summed E-state index contributed by atoms with van der Waals surface area (Å²) in [4.78, 5) is 38.8. The van der Waals surface area contributed by atoms with Gasteiger partial charge < -0.3 is 85.8 Å². The molecule has 2 saturated heterocycles. The Morgan fingerprint density at radius 3 is 1.85 bits per heavy atom. The molecule has 0 radical (unpaired) electrons. The zero-order valence-corrected chi connectivity index (χ0v) is 41.5. The molecule has 0 aromatic heterocycles. The molecule has 20 atom stereocenters.